The molecule has 0 fully saturated rings. The molecule has 0 spiro atoms. The van der Waals surface area contributed by atoms with Crippen molar-refractivity contribution in [3.63, 3.8) is 0 Å². The van der Waals surface area contributed by atoms with Crippen molar-refractivity contribution in [2.45, 2.75) is 37.4 Å². The topological polar surface area (TPSA) is 69.6 Å². The zero-order valence-corrected chi connectivity index (χ0v) is 25.3. The first-order valence-electron chi connectivity index (χ1n) is 13.5. The Bertz CT molecular complexity index is 1480. The molecule has 4 aromatic rings. The molecule has 2 N–H and O–H groups in total. The molecule has 1 atom stereocenters. The average Bonchev–Trinajstić information content (AvgIpc) is 2.99. The van der Waals surface area contributed by atoms with Crippen LogP contribution in [0.1, 0.15) is 33.5 Å². The third-order valence-corrected chi connectivity index (χ3v) is 8.42. The van der Waals surface area contributed by atoms with Gasteiger partial charge >= 0.3 is 5.97 Å². The van der Waals surface area contributed by atoms with Gasteiger partial charge in [-0.3, -0.25) is 4.79 Å². The molecule has 0 aliphatic carbocycles. The Balaban J connectivity index is 1.74. The predicted octanol–water partition coefficient (Wildman–Crippen LogP) is 7.53. The SMILES string of the molecule is CSCC[C@H](NC(=O)c1ccc(CN(Cc2ccccc2)c2ccccc2SC)cc1-c1ccccc1C)C(=O)O. The molecule has 0 aliphatic heterocycles. The van der Waals surface area contributed by atoms with Gasteiger partial charge in [0.1, 0.15) is 6.04 Å². The third kappa shape index (κ3) is 7.96. The number of nitrogens with one attached hydrogen (secondary N) is 1. The van der Waals surface area contributed by atoms with Crippen LogP contribution in [-0.4, -0.2) is 41.3 Å². The van der Waals surface area contributed by atoms with Gasteiger partial charge in [-0.25, -0.2) is 4.79 Å². The second-order valence-corrected chi connectivity index (χ2v) is 11.7. The minimum absolute atomic E-state index is 0.364. The average molecular weight is 585 g/mol. The first kappa shape index (κ1) is 30.3. The van der Waals surface area contributed by atoms with Gasteiger partial charge in [0, 0.05) is 23.5 Å². The van der Waals surface area contributed by atoms with E-state index in [2.05, 4.69) is 71.1 Å². The first-order chi connectivity index (χ1) is 19.9. The molecule has 0 bridgehead atoms. The smallest absolute Gasteiger partial charge is 0.326 e. The van der Waals surface area contributed by atoms with E-state index in [0.29, 0.717) is 24.3 Å². The van der Waals surface area contributed by atoms with E-state index >= 15 is 0 Å². The molecule has 4 rings (SSSR count). The number of thioether (sulfide) groups is 2. The van der Waals surface area contributed by atoms with Gasteiger partial charge in [0.2, 0.25) is 0 Å². The van der Waals surface area contributed by atoms with Crippen LogP contribution in [0.2, 0.25) is 0 Å². The lowest BCUT2D eigenvalue weighted by atomic mass is 9.93. The monoisotopic (exact) mass is 584 g/mol. The summed E-state index contributed by atoms with van der Waals surface area (Å²) in [7, 11) is 0. The number of nitrogens with zero attached hydrogens (tertiary/aromatic N) is 1. The van der Waals surface area contributed by atoms with E-state index in [4.69, 9.17) is 0 Å². The maximum atomic E-state index is 13.5. The van der Waals surface area contributed by atoms with Crippen LogP contribution in [0, 0.1) is 6.92 Å². The Morgan fingerprint density at radius 3 is 2.22 bits per heavy atom. The van der Waals surface area contributed by atoms with Crippen molar-refractivity contribution < 1.29 is 14.7 Å². The highest BCUT2D eigenvalue weighted by molar-refractivity contribution is 7.98. The van der Waals surface area contributed by atoms with Crippen molar-refractivity contribution >= 4 is 41.1 Å². The molecule has 0 saturated carbocycles. The molecule has 0 unspecified atom stereocenters. The summed E-state index contributed by atoms with van der Waals surface area (Å²) in [6.45, 7) is 3.40. The summed E-state index contributed by atoms with van der Waals surface area (Å²) < 4.78 is 0. The van der Waals surface area contributed by atoms with Crippen molar-refractivity contribution in [2.75, 3.05) is 23.2 Å². The Labute approximate surface area is 251 Å². The van der Waals surface area contributed by atoms with Gasteiger partial charge in [0.15, 0.2) is 0 Å². The van der Waals surface area contributed by atoms with E-state index in [1.165, 1.54) is 10.5 Å². The predicted molar refractivity (Wildman–Crippen MR) is 173 cm³/mol. The van der Waals surface area contributed by atoms with Gasteiger partial charge in [0.05, 0.1) is 5.69 Å². The van der Waals surface area contributed by atoms with E-state index in [-0.39, 0.29) is 5.91 Å². The molecule has 0 radical (unpaired) electrons. The zero-order valence-electron chi connectivity index (χ0n) is 23.7. The molecule has 0 aromatic heterocycles. The molecule has 0 heterocycles. The van der Waals surface area contributed by atoms with Gasteiger partial charge in [0.25, 0.3) is 5.91 Å². The van der Waals surface area contributed by atoms with Crippen LogP contribution in [-0.2, 0) is 17.9 Å². The molecule has 7 heteroatoms. The summed E-state index contributed by atoms with van der Waals surface area (Å²) in [6.07, 6.45) is 4.38. The number of rotatable bonds is 13. The maximum absolute atomic E-state index is 13.5. The summed E-state index contributed by atoms with van der Waals surface area (Å²) in [4.78, 5) is 28.9. The standard InChI is InChI=1S/C34H36N2O3S2/c1-24-11-7-8-14-27(24)29-21-26(17-18-28(29)33(37)35-30(34(38)39)19-20-40-2)23-36(22-25-12-5-4-6-13-25)31-15-9-10-16-32(31)41-3/h4-18,21,30H,19-20,22-23H2,1-3H3,(H,35,37)(H,38,39)/t30-/m0/s1. The highest BCUT2D eigenvalue weighted by Gasteiger charge is 2.23. The first-order valence-corrected chi connectivity index (χ1v) is 16.2. The highest BCUT2D eigenvalue weighted by Crippen LogP contribution is 2.33. The number of amides is 1. The van der Waals surface area contributed by atoms with E-state index < -0.39 is 12.0 Å². The zero-order chi connectivity index (χ0) is 29.2. The lowest BCUT2D eigenvalue weighted by molar-refractivity contribution is -0.139. The van der Waals surface area contributed by atoms with Crippen molar-refractivity contribution in [3.05, 3.63) is 119 Å². The number of carbonyl (C=O) groups is 2. The molecule has 1 amide bonds. The van der Waals surface area contributed by atoms with Crippen LogP contribution in [0.3, 0.4) is 0 Å². The highest BCUT2D eigenvalue weighted by atomic mass is 32.2. The molecule has 212 valence electrons. The molecule has 4 aromatic carbocycles. The summed E-state index contributed by atoms with van der Waals surface area (Å²) in [5.74, 6) is -0.752. The van der Waals surface area contributed by atoms with E-state index in [0.717, 1.165) is 34.5 Å². The van der Waals surface area contributed by atoms with Crippen LogP contribution in [0.4, 0.5) is 5.69 Å². The Morgan fingerprint density at radius 2 is 1.51 bits per heavy atom. The summed E-state index contributed by atoms with van der Waals surface area (Å²) in [5, 5.41) is 12.5. The maximum Gasteiger partial charge on any atom is 0.326 e. The summed E-state index contributed by atoms with van der Waals surface area (Å²) >= 11 is 3.28. The lowest BCUT2D eigenvalue weighted by Crippen LogP contribution is -2.41. The molecule has 41 heavy (non-hydrogen) atoms. The minimum Gasteiger partial charge on any atom is -0.480 e. The quantitative estimate of drug-likeness (QED) is 0.158. The number of benzene rings is 4. The number of aliphatic carboxylic acids is 1. The van der Waals surface area contributed by atoms with Gasteiger partial charge in [-0.2, -0.15) is 11.8 Å². The Kier molecular flexibility index (Phi) is 10.9. The fourth-order valence-corrected chi connectivity index (χ4v) is 5.95. The van der Waals surface area contributed by atoms with Crippen molar-refractivity contribution in [3.8, 4) is 11.1 Å². The number of aryl methyl sites for hydroxylation is 1. The normalized spacial score (nSPS) is 11.6. The summed E-state index contributed by atoms with van der Waals surface area (Å²) in [6, 6.07) is 31.8. The van der Waals surface area contributed by atoms with Crippen LogP contribution in [0.5, 0.6) is 0 Å². The molecule has 5 nitrogen and oxygen atoms in total. The molecular weight excluding hydrogens is 549 g/mol. The fraction of sp³-hybridized carbons (Fsp3) is 0.235. The van der Waals surface area contributed by atoms with Gasteiger partial charge in [-0.1, -0.05) is 72.8 Å². The van der Waals surface area contributed by atoms with Crippen molar-refractivity contribution in [1.82, 2.24) is 5.32 Å². The van der Waals surface area contributed by atoms with Crippen molar-refractivity contribution in [1.29, 1.82) is 0 Å². The second kappa shape index (κ2) is 14.8. The van der Waals surface area contributed by atoms with Gasteiger partial charge in [-0.15, -0.1) is 11.8 Å². The van der Waals surface area contributed by atoms with Gasteiger partial charge < -0.3 is 15.3 Å². The molecule has 0 aliphatic rings. The van der Waals surface area contributed by atoms with Crippen LogP contribution in [0.25, 0.3) is 11.1 Å². The second-order valence-electron chi connectivity index (χ2n) is 9.85. The van der Waals surface area contributed by atoms with Crippen molar-refractivity contribution in [2.24, 2.45) is 0 Å². The third-order valence-electron chi connectivity index (χ3n) is 6.99. The fourth-order valence-electron chi connectivity index (χ4n) is 4.86. The molecular formula is C34H36N2O3S2. The Hall–Kier alpha value is -3.68. The van der Waals surface area contributed by atoms with Gasteiger partial charge in [-0.05, 0) is 83.7 Å². The van der Waals surface area contributed by atoms with Crippen LogP contribution >= 0.6 is 23.5 Å². The number of carbonyl (C=O) groups excluding carboxylic acids is 1. The minimum atomic E-state index is -1.02. The van der Waals surface area contributed by atoms with Crippen LogP contribution in [0.15, 0.2) is 102 Å². The number of carboxylic acid groups (broad SMARTS) is 1. The van der Waals surface area contributed by atoms with E-state index in [9.17, 15) is 14.7 Å². The number of anilines is 1. The number of hydrogen-bond acceptors (Lipinski definition) is 5. The lowest BCUT2D eigenvalue weighted by Gasteiger charge is -2.28. The number of para-hydroxylation sites is 1. The van der Waals surface area contributed by atoms with Crippen LogP contribution < -0.4 is 10.2 Å². The Morgan fingerprint density at radius 1 is 0.829 bits per heavy atom. The molecule has 0 saturated heterocycles. The van der Waals surface area contributed by atoms with E-state index in [1.807, 2.05) is 55.6 Å². The number of hydrogen-bond donors (Lipinski definition) is 2. The number of carboxylic acids is 1. The summed E-state index contributed by atoms with van der Waals surface area (Å²) in [5.41, 5.74) is 6.69. The van der Waals surface area contributed by atoms with E-state index in [1.54, 1.807) is 23.5 Å². The largest absolute Gasteiger partial charge is 0.480 e.